The molecule has 2 fully saturated rings. The van der Waals surface area contributed by atoms with Gasteiger partial charge in [-0.15, -0.1) is 0 Å². The van der Waals surface area contributed by atoms with E-state index in [2.05, 4.69) is 34.0 Å². The first kappa shape index (κ1) is 12.3. The van der Waals surface area contributed by atoms with Gasteiger partial charge in [0.05, 0.1) is 0 Å². The molecule has 4 nitrogen and oxygen atoms in total. The van der Waals surface area contributed by atoms with E-state index in [9.17, 15) is 0 Å². The lowest BCUT2D eigenvalue weighted by Crippen LogP contribution is -2.53. The molecule has 94 valence electrons. The fourth-order valence-electron chi connectivity index (χ4n) is 2.56. The molecule has 0 aromatic heterocycles. The molecule has 1 atom stereocenters. The fraction of sp³-hybridized carbons (Fsp3) is 1.00. The fourth-order valence-corrected chi connectivity index (χ4v) is 2.56. The molecule has 2 rings (SSSR count). The zero-order valence-electron chi connectivity index (χ0n) is 10.8. The van der Waals surface area contributed by atoms with E-state index >= 15 is 0 Å². The van der Waals surface area contributed by atoms with Crippen molar-refractivity contribution in [1.82, 2.24) is 20.0 Å². The minimum absolute atomic E-state index is 0.709. The lowest BCUT2D eigenvalue weighted by atomic mass is 10.2. The molecule has 2 saturated heterocycles. The number of nitrogens with one attached hydrogen (secondary N) is 1. The van der Waals surface area contributed by atoms with Gasteiger partial charge in [-0.3, -0.25) is 9.80 Å². The molecule has 0 bridgehead atoms. The van der Waals surface area contributed by atoms with Crippen molar-refractivity contribution in [3.63, 3.8) is 0 Å². The molecule has 0 radical (unpaired) electrons. The Labute approximate surface area is 99.6 Å². The summed E-state index contributed by atoms with van der Waals surface area (Å²) < 4.78 is 0. The van der Waals surface area contributed by atoms with Gasteiger partial charge >= 0.3 is 0 Å². The van der Waals surface area contributed by atoms with Gasteiger partial charge in [-0.2, -0.15) is 0 Å². The van der Waals surface area contributed by atoms with E-state index in [4.69, 9.17) is 0 Å². The minimum Gasteiger partial charge on any atom is -0.314 e. The van der Waals surface area contributed by atoms with Crippen molar-refractivity contribution in [3.8, 4) is 0 Å². The monoisotopic (exact) mass is 226 g/mol. The molecule has 0 spiro atoms. The van der Waals surface area contributed by atoms with E-state index < -0.39 is 0 Å². The maximum Gasteiger partial charge on any atom is 0.0193 e. The second kappa shape index (κ2) is 5.96. The Kier molecular flexibility index (Phi) is 4.58. The summed E-state index contributed by atoms with van der Waals surface area (Å²) in [5, 5.41) is 3.45. The van der Waals surface area contributed by atoms with Gasteiger partial charge in [-0.05, 0) is 14.0 Å². The Morgan fingerprint density at radius 3 is 2.50 bits per heavy atom. The molecule has 0 amide bonds. The Morgan fingerprint density at radius 1 is 1.06 bits per heavy atom. The molecule has 1 unspecified atom stereocenters. The standard InChI is InChI=1S/C12H26N4/c1-12-11-13-3-4-16(12)10-9-15-7-5-14(2)6-8-15/h12-13H,3-11H2,1-2H3. The Balaban J connectivity index is 1.66. The van der Waals surface area contributed by atoms with Crippen LogP contribution in [0.1, 0.15) is 6.92 Å². The summed E-state index contributed by atoms with van der Waals surface area (Å²) >= 11 is 0. The number of likely N-dealkylation sites (N-methyl/N-ethyl adjacent to an activating group) is 1. The van der Waals surface area contributed by atoms with Gasteiger partial charge < -0.3 is 10.2 Å². The normalized spacial score (nSPS) is 30.8. The molecule has 2 aliphatic heterocycles. The molecule has 4 heteroatoms. The molecule has 0 aromatic rings. The molecular weight excluding hydrogens is 200 g/mol. The second-order valence-corrected chi connectivity index (χ2v) is 5.23. The maximum atomic E-state index is 3.45. The van der Waals surface area contributed by atoms with Crippen molar-refractivity contribution in [2.24, 2.45) is 0 Å². The third kappa shape index (κ3) is 3.42. The van der Waals surface area contributed by atoms with E-state index in [1.807, 2.05) is 0 Å². The van der Waals surface area contributed by atoms with Crippen LogP contribution < -0.4 is 5.32 Å². The van der Waals surface area contributed by atoms with Crippen LogP contribution in [-0.4, -0.2) is 86.7 Å². The summed E-state index contributed by atoms with van der Waals surface area (Å²) in [5.74, 6) is 0. The first-order chi connectivity index (χ1) is 7.75. The average Bonchev–Trinajstić information content (AvgIpc) is 2.30. The molecule has 2 aliphatic rings. The van der Waals surface area contributed by atoms with E-state index in [0.717, 1.165) is 13.1 Å². The first-order valence-corrected chi connectivity index (χ1v) is 6.61. The summed E-state index contributed by atoms with van der Waals surface area (Å²) in [6.07, 6.45) is 0. The van der Waals surface area contributed by atoms with Crippen molar-refractivity contribution in [3.05, 3.63) is 0 Å². The van der Waals surface area contributed by atoms with Crippen LogP contribution in [-0.2, 0) is 0 Å². The number of piperazine rings is 2. The van der Waals surface area contributed by atoms with Crippen molar-refractivity contribution in [1.29, 1.82) is 0 Å². The van der Waals surface area contributed by atoms with Crippen LogP contribution in [0, 0.1) is 0 Å². The van der Waals surface area contributed by atoms with Crippen LogP contribution in [0.2, 0.25) is 0 Å². The number of nitrogens with zero attached hydrogens (tertiary/aromatic N) is 3. The summed E-state index contributed by atoms with van der Waals surface area (Å²) in [6.45, 7) is 13.3. The highest BCUT2D eigenvalue weighted by Crippen LogP contribution is 2.04. The summed E-state index contributed by atoms with van der Waals surface area (Å²) in [5.41, 5.74) is 0. The van der Waals surface area contributed by atoms with Crippen LogP contribution >= 0.6 is 0 Å². The van der Waals surface area contributed by atoms with Crippen LogP contribution in [0.5, 0.6) is 0 Å². The largest absolute Gasteiger partial charge is 0.314 e. The van der Waals surface area contributed by atoms with E-state index in [1.165, 1.54) is 45.8 Å². The van der Waals surface area contributed by atoms with Crippen LogP contribution in [0.15, 0.2) is 0 Å². The number of hydrogen-bond acceptors (Lipinski definition) is 4. The van der Waals surface area contributed by atoms with Crippen molar-refractivity contribution in [2.45, 2.75) is 13.0 Å². The number of rotatable bonds is 3. The summed E-state index contributed by atoms with van der Waals surface area (Å²) in [4.78, 5) is 7.65. The molecule has 0 saturated carbocycles. The zero-order chi connectivity index (χ0) is 11.4. The molecule has 0 aromatic carbocycles. The summed E-state index contributed by atoms with van der Waals surface area (Å²) in [6, 6.07) is 0.709. The van der Waals surface area contributed by atoms with E-state index in [1.54, 1.807) is 0 Å². The van der Waals surface area contributed by atoms with Crippen LogP contribution in [0.25, 0.3) is 0 Å². The summed E-state index contributed by atoms with van der Waals surface area (Å²) in [7, 11) is 2.22. The van der Waals surface area contributed by atoms with Gasteiger partial charge in [0.2, 0.25) is 0 Å². The zero-order valence-corrected chi connectivity index (χ0v) is 10.8. The molecule has 16 heavy (non-hydrogen) atoms. The second-order valence-electron chi connectivity index (χ2n) is 5.23. The van der Waals surface area contributed by atoms with Gasteiger partial charge in [0.1, 0.15) is 0 Å². The van der Waals surface area contributed by atoms with Crippen molar-refractivity contribution < 1.29 is 0 Å². The maximum absolute atomic E-state index is 3.45. The average molecular weight is 226 g/mol. The van der Waals surface area contributed by atoms with E-state index in [0.29, 0.717) is 6.04 Å². The highest BCUT2D eigenvalue weighted by atomic mass is 15.3. The number of hydrogen-bond donors (Lipinski definition) is 1. The predicted octanol–water partition coefficient (Wildman–Crippen LogP) is -0.472. The smallest absolute Gasteiger partial charge is 0.0193 e. The molecular formula is C12H26N4. The molecule has 2 heterocycles. The van der Waals surface area contributed by atoms with Gasteiger partial charge in [-0.25, -0.2) is 0 Å². The lowest BCUT2D eigenvalue weighted by Gasteiger charge is -2.37. The van der Waals surface area contributed by atoms with Gasteiger partial charge in [0, 0.05) is 64.9 Å². The minimum atomic E-state index is 0.709. The topological polar surface area (TPSA) is 21.8 Å². The van der Waals surface area contributed by atoms with Gasteiger partial charge in [0.25, 0.3) is 0 Å². The SMILES string of the molecule is CC1CNCCN1CCN1CCN(C)CC1. The van der Waals surface area contributed by atoms with Crippen molar-refractivity contribution in [2.75, 3.05) is 66.0 Å². The third-order valence-electron chi connectivity index (χ3n) is 3.94. The van der Waals surface area contributed by atoms with Crippen LogP contribution in [0.4, 0.5) is 0 Å². The molecule has 1 N–H and O–H groups in total. The van der Waals surface area contributed by atoms with Gasteiger partial charge in [0.15, 0.2) is 0 Å². The lowest BCUT2D eigenvalue weighted by molar-refractivity contribution is 0.113. The Hall–Kier alpha value is -0.160. The third-order valence-corrected chi connectivity index (χ3v) is 3.94. The highest BCUT2D eigenvalue weighted by Gasteiger charge is 2.19. The highest BCUT2D eigenvalue weighted by molar-refractivity contribution is 4.78. The predicted molar refractivity (Wildman–Crippen MR) is 67.8 cm³/mol. The van der Waals surface area contributed by atoms with Crippen LogP contribution in [0.3, 0.4) is 0 Å². The Bertz CT molecular complexity index is 201. The van der Waals surface area contributed by atoms with E-state index in [-0.39, 0.29) is 0 Å². The Morgan fingerprint density at radius 2 is 1.81 bits per heavy atom. The van der Waals surface area contributed by atoms with Crippen molar-refractivity contribution >= 4 is 0 Å². The first-order valence-electron chi connectivity index (χ1n) is 6.61. The van der Waals surface area contributed by atoms with Gasteiger partial charge in [-0.1, -0.05) is 0 Å². The quantitative estimate of drug-likeness (QED) is 0.702. The molecule has 0 aliphatic carbocycles.